The minimum absolute atomic E-state index is 0.106. The van der Waals surface area contributed by atoms with Crippen LogP contribution in [0.3, 0.4) is 0 Å². The molecule has 1 saturated heterocycles. The van der Waals surface area contributed by atoms with Crippen LogP contribution in [0.5, 0.6) is 0 Å². The van der Waals surface area contributed by atoms with Crippen molar-refractivity contribution in [2.45, 2.75) is 23.0 Å². The van der Waals surface area contributed by atoms with Gasteiger partial charge in [0, 0.05) is 30.5 Å². The lowest BCUT2D eigenvalue weighted by Crippen LogP contribution is -2.27. The summed E-state index contributed by atoms with van der Waals surface area (Å²) in [4.78, 5) is 44.9. The number of nitrogens with zero attached hydrogens (tertiary/aromatic N) is 3. The number of benzene rings is 1. The predicted octanol–water partition coefficient (Wildman–Crippen LogP) is 1.61. The van der Waals surface area contributed by atoms with E-state index in [9.17, 15) is 14.4 Å². The zero-order valence-electron chi connectivity index (χ0n) is 15.7. The number of aromatic nitrogens is 3. The summed E-state index contributed by atoms with van der Waals surface area (Å²) >= 11 is 1.21. The fraction of sp³-hybridized carbons (Fsp3) is 0.200. The molecule has 1 unspecified atom stereocenters. The maximum atomic E-state index is 12.6. The second kappa shape index (κ2) is 8.87. The molecule has 30 heavy (non-hydrogen) atoms. The molecule has 0 saturated carbocycles. The molecule has 9 nitrogen and oxygen atoms in total. The van der Waals surface area contributed by atoms with Gasteiger partial charge in [0.05, 0.1) is 10.8 Å². The van der Waals surface area contributed by atoms with Gasteiger partial charge < -0.3 is 9.84 Å². The molecule has 1 aliphatic rings. The number of amides is 3. The average molecular weight is 423 g/mol. The zero-order valence-corrected chi connectivity index (χ0v) is 16.5. The third kappa shape index (κ3) is 4.54. The Morgan fingerprint density at radius 3 is 2.80 bits per heavy atom. The van der Waals surface area contributed by atoms with E-state index >= 15 is 0 Å². The SMILES string of the molecule is O=C1CC(Sc2ccccc2C(=O)NCCc2nc(-c3ccccn3)no2)C(=O)N1. The van der Waals surface area contributed by atoms with Crippen LogP contribution in [0.2, 0.25) is 0 Å². The summed E-state index contributed by atoms with van der Waals surface area (Å²) in [5, 5.41) is 8.46. The normalized spacial score (nSPS) is 15.8. The number of hydrogen-bond donors (Lipinski definition) is 2. The maximum absolute atomic E-state index is 12.6. The van der Waals surface area contributed by atoms with E-state index in [0.29, 0.717) is 40.8 Å². The van der Waals surface area contributed by atoms with E-state index in [1.54, 1.807) is 42.6 Å². The lowest BCUT2D eigenvalue weighted by Gasteiger charge is -2.11. The highest BCUT2D eigenvalue weighted by atomic mass is 32.2. The first-order valence-electron chi connectivity index (χ1n) is 9.22. The third-order valence-electron chi connectivity index (χ3n) is 4.31. The van der Waals surface area contributed by atoms with E-state index in [2.05, 4.69) is 25.8 Å². The molecule has 1 fully saturated rings. The van der Waals surface area contributed by atoms with Crippen LogP contribution in [-0.2, 0) is 16.0 Å². The van der Waals surface area contributed by atoms with E-state index in [4.69, 9.17) is 4.52 Å². The van der Waals surface area contributed by atoms with Crippen molar-refractivity contribution in [3.63, 3.8) is 0 Å². The van der Waals surface area contributed by atoms with Crippen molar-refractivity contribution in [1.29, 1.82) is 0 Å². The van der Waals surface area contributed by atoms with Crippen molar-refractivity contribution < 1.29 is 18.9 Å². The van der Waals surface area contributed by atoms with Crippen LogP contribution in [0.1, 0.15) is 22.7 Å². The Morgan fingerprint density at radius 1 is 1.20 bits per heavy atom. The molecule has 152 valence electrons. The minimum Gasteiger partial charge on any atom is -0.351 e. The van der Waals surface area contributed by atoms with Crippen LogP contribution in [0.4, 0.5) is 0 Å². The highest BCUT2D eigenvalue weighted by Crippen LogP contribution is 2.30. The highest BCUT2D eigenvalue weighted by Gasteiger charge is 2.32. The third-order valence-corrected chi connectivity index (χ3v) is 5.59. The standard InChI is InChI=1S/C20H17N5O4S/c26-16-11-15(20(28)23-16)30-14-7-2-1-5-12(14)19(27)22-10-8-17-24-18(25-29-17)13-6-3-4-9-21-13/h1-7,9,15H,8,10-11H2,(H,22,27)(H,23,26,28). The number of thioether (sulfide) groups is 1. The van der Waals surface area contributed by atoms with Crippen LogP contribution < -0.4 is 10.6 Å². The molecule has 3 amide bonds. The van der Waals surface area contributed by atoms with Gasteiger partial charge >= 0.3 is 0 Å². The molecule has 3 heterocycles. The fourth-order valence-corrected chi connectivity index (χ4v) is 4.02. The Balaban J connectivity index is 1.35. The maximum Gasteiger partial charge on any atom is 0.252 e. The van der Waals surface area contributed by atoms with Crippen molar-refractivity contribution in [2.24, 2.45) is 0 Å². The second-order valence-corrected chi connectivity index (χ2v) is 7.70. The predicted molar refractivity (Wildman–Crippen MR) is 107 cm³/mol. The second-order valence-electron chi connectivity index (χ2n) is 6.45. The van der Waals surface area contributed by atoms with Gasteiger partial charge in [-0.3, -0.25) is 24.7 Å². The summed E-state index contributed by atoms with van der Waals surface area (Å²) < 4.78 is 5.21. The Morgan fingerprint density at radius 2 is 2.03 bits per heavy atom. The van der Waals surface area contributed by atoms with Gasteiger partial charge in [0.2, 0.25) is 23.5 Å². The average Bonchev–Trinajstić information content (AvgIpc) is 3.35. The monoisotopic (exact) mass is 423 g/mol. The Labute approximate surface area is 175 Å². The number of nitrogens with one attached hydrogen (secondary N) is 2. The summed E-state index contributed by atoms with van der Waals surface area (Å²) in [6.07, 6.45) is 2.11. The van der Waals surface area contributed by atoms with Crippen molar-refractivity contribution in [2.75, 3.05) is 6.54 Å². The van der Waals surface area contributed by atoms with Crippen molar-refractivity contribution in [1.82, 2.24) is 25.8 Å². The summed E-state index contributed by atoms with van der Waals surface area (Å²) in [7, 11) is 0. The molecule has 4 rings (SSSR count). The van der Waals surface area contributed by atoms with Gasteiger partial charge in [0.15, 0.2) is 0 Å². The minimum atomic E-state index is -0.533. The van der Waals surface area contributed by atoms with E-state index < -0.39 is 5.25 Å². The molecule has 0 radical (unpaired) electrons. The number of carbonyl (C=O) groups is 3. The molecular weight excluding hydrogens is 406 g/mol. The van der Waals surface area contributed by atoms with Crippen LogP contribution >= 0.6 is 11.8 Å². The molecule has 10 heteroatoms. The lowest BCUT2D eigenvalue weighted by atomic mass is 10.2. The Kier molecular flexibility index (Phi) is 5.84. The molecule has 1 atom stereocenters. The van der Waals surface area contributed by atoms with Gasteiger partial charge in [-0.2, -0.15) is 4.98 Å². The summed E-state index contributed by atoms with van der Waals surface area (Å²) in [6.45, 7) is 0.296. The number of pyridine rings is 1. The lowest BCUT2D eigenvalue weighted by molar-refractivity contribution is -0.124. The van der Waals surface area contributed by atoms with Crippen molar-refractivity contribution >= 4 is 29.5 Å². The van der Waals surface area contributed by atoms with E-state index in [1.807, 2.05) is 6.07 Å². The highest BCUT2D eigenvalue weighted by molar-refractivity contribution is 8.00. The molecular formula is C20H17N5O4S. The van der Waals surface area contributed by atoms with Crippen LogP contribution in [-0.4, -0.2) is 44.6 Å². The molecule has 1 aromatic carbocycles. The van der Waals surface area contributed by atoms with Crippen LogP contribution in [0.25, 0.3) is 11.5 Å². The molecule has 2 N–H and O–H groups in total. The van der Waals surface area contributed by atoms with Crippen molar-refractivity contribution in [3.8, 4) is 11.5 Å². The largest absolute Gasteiger partial charge is 0.351 e. The summed E-state index contributed by atoms with van der Waals surface area (Å²) in [5.41, 5.74) is 1.05. The van der Waals surface area contributed by atoms with Crippen LogP contribution in [0.15, 0.2) is 58.1 Å². The summed E-state index contributed by atoms with van der Waals surface area (Å²) in [5.74, 6) is -0.139. The molecule has 1 aliphatic heterocycles. The number of imide groups is 1. The Bertz CT molecular complexity index is 1090. The quantitative estimate of drug-likeness (QED) is 0.549. The van der Waals surface area contributed by atoms with Gasteiger partial charge in [-0.05, 0) is 24.3 Å². The van der Waals surface area contributed by atoms with E-state index in [1.165, 1.54) is 11.8 Å². The molecule has 0 spiro atoms. The topological polar surface area (TPSA) is 127 Å². The molecule has 0 bridgehead atoms. The van der Waals surface area contributed by atoms with Crippen molar-refractivity contribution in [3.05, 3.63) is 60.1 Å². The first kappa shape index (κ1) is 19.8. The van der Waals surface area contributed by atoms with Gasteiger partial charge in [0.25, 0.3) is 5.91 Å². The fourth-order valence-electron chi connectivity index (χ4n) is 2.87. The number of rotatable bonds is 7. The van der Waals surface area contributed by atoms with E-state index in [-0.39, 0.29) is 24.1 Å². The number of carbonyl (C=O) groups excluding carboxylic acids is 3. The first-order valence-corrected chi connectivity index (χ1v) is 10.1. The van der Waals surface area contributed by atoms with E-state index in [0.717, 1.165) is 0 Å². The van der Waals surface area contributed by atoms with Gasteiger partial charge in [-0.1, -0.05) is 23.4 Å². The van der Waals surface area contributed by atoms with Gasteiger partial charge in [-0.25, -0.2) is 0 Å². The number of hydrogen-bond acceptors (Lipinski definition) is 8. The van der Waals surface area contributed by atoms with Crippen LogP contribution in [0, 0.1) is 0 Å². The molecule has 0 aliphatic carbocycles. The van der Waals surface area contributed by atoms with Gasteiger partial charge in [0.1, 0.15) is 5.69 Å². The van der Waals surface area contributed by atoms with Gasteiger partial charge in [-0.15, -0.1) is 11.8 Å². The molecule has 2 aromatic heterocycles. The Hall–Kier alpha value is -3.53. The summed E-state index contributed by atoms with van der Waals surface area (Å²) in [6, 6.07) is 12.4. The zero-order chi connectivity index (χ0) is 20.9. The first-order chi connectivity index (χ1) is 14.6. The molecule has 3 aromatic rings. The smallest absolute Gasteiger partial charge is 0.252 e.